The van der Waals surface area contributed by atoms with Crippen LogP contribution in [-0.4, -0.2) is 21.5 Å². The summed E-state index contributed by atoms with van der Waals surface area (Å²) >= 11 is 6.10. The van der Waals surface area contributed by atoms with Crippen molar-refractivity contribution in [1.82, 2.24) is 9.88 Å². The number of hydrogen-bond donors (Lipinski definition) is 0. The van der Waals surface area contributed by atoms with Crippen LogP contribution >= 0.6 is 11.6 Å². The van der Waals surface area contributed by atoms with Crippen molar-refractivity contribution in [1.29, 1.82) is 0 Å². The van der Waals surface area contributed by atoms with E-state index in [1.54, 1.807) is 6.20 Å². The van der Waals surface area contributed by atoms with Gasteiger partial charge in [-0.05, 0) is 52.6 Å². The first kappa shape index (κ1) is 17.1. The molecule has 0 aliphatic carbocycles. The molecule has 2 aliphatic heterocycles. The number of fused-ring (bicyclic) bond motifs is 2. The summed E-state index contributed by atoms with van der Waals surface area (Å²) < 4.78 is 0. The second kappa shape index (κ2) is 6.88. The normalized spacial score (nSPS) is 15.2. The maximum absolute atomic E-state index is 12.7. The second-order valence-corrected chi connectivity index (χ2v) is 7.68. The number of pyridine rings is 1. The van der Waals surface area contributed by atoms with Gasteiger partial charge in [-0.15, -0.1) is 0 Å². The molecule has 0 saturated carbocycles. The summed E-state index contributed by atoms with van der Waals surface area (Å²) in [6.07, 6.45) is 4.06. The average molecular weight is 388 g/mol. The van der Waals surface area contributed by atoms with Crippen LogP contribution in [0.5, 0.6) is 0 Å². The van der Waals surface area contributed by atoms with Gasteiger partial charge >= 0.3 is 0 Å². The van der Waals surface area contributed by atoms with E-state index in [2.05, 4.69) is 17.1 Å². The molecule has 28 heavy (non-hydrogen) atoms. The smallest absolute Gasteiger partial charge is 0.227 e. The fraction of sp³-hybridized carbons (Fsp3) is 0.174. The lowest BCUT2D eigenvalue weighted by molar-refractivity contribution is -0.132. The maximum Gasteiger partial charge on any atom is 0.227 e. The Kier molecular flexibility index (Phi) is 4.21. The van der Waals surface area contributed by atoms with Crippen LogP contribution < -0.4 is 0 Å². The summed E-state index contributed by atoms with van der Waals surface area (Å²) in [5.74, 6) is 0.152. The van der Waals surface area contributed by atoms with Crippen LogP contribution in [-0.2, 0) is 30.8 Å². The van der Waals surface area contributed by atoms with E-state index in [1.807, 2.05) is 47.5 Å². The first-order valence-electron chi connectivity index (χ1n) is 9.29. The van der Waals surface area contributed by atoms with Crippen molar-refractivity contribution in [3.8, 4) is 0 Å². The maximum atomic E-state index is 12.7. The minimum absolute atomic E-state index is 0.152. The number of aromatic nitrogens is 1. The third kappa shape index (κ3) is 3.10. The van der Waals surface area contributed by atoms with Gasteiger partial charge in [-0.2, -0.15) is 0 Å². The quantitative estimate of drug-likeness (QED) is 0.677. The molecule has 1 aromatic heterocycles. The Labute approximate surface area is 168 Å². The number of aliphatic imine (C=N–C) groups is 1. The highest BCUT2D eigenvalue weighted by Gasteiger charge is 2.27. The SMILES string of the molecule is O=C1Cc2cc3c(cc2CN1Cc1cccc(Cl)c1)C(c1cccnc1)=NC3. The number of carbonyl (C=O) groups excluding carboxylic acids is 1. The lowest BCUT2D eigenvalue weighted by Crippen LogP contribution is -2.35. The monoisotopic (exact) mass is 387 g/mol. The number of amides is 1. The van der Waals surface area contributed by atoms with Crippen molar-refractivity contribution < 1.29 is 4.79 Å². The van der Waals surface area contributed by atoms with Crippen LogP contribution in [0.4, 0.5) is 0 Å². The number of halogens is 1. The van der Waals surface area contributed by atoms with Crippen molar-refractivity contribution in [3.05, 3.63) is 99.3 Å². The lowest BCUT2D eigenvalue weighted by atomic mass is 9.91. The second-order valence-electron chi connectivity index (χ2n) is 7.24. The minimum Gasteiger partial charge on any atom is -0.334 e. The summed E-state index contributed by atoms with van der Waals surface area (Å²) in [5, 5.41) is 0.692. The van der Waals surface area contributed by atoms with E-state index in [-0.39, 0.29) is 5.91 Å². The number of hydrogen-bond acceptors (Lipinski definition) is 3. The van der Waals surface area contributed by atoms with Crippen LogP contribution in [0.1, 0.15) is 33.4 Å². The lowest BCUT2D eigenvalue weighted by Gasteiger charge is -2.29. The first-order valence-corrected chi connectivity index (χ1v) is 9.67. The predicted octanol–water partition coefficient (Wildman–Crippen LogP) is 4.17. The average Bonchev–Trinajstić information content (AvgIpc) is 3.10. The van der Waals surface area contributed by atoms with Crippen LogP contribution in [0.2, 0.25) is 5.02 Å². The Hall–Kier alpha value is -2.98. The van der Waals surface area contributed by atoms with E-state index in [1.165, 1.54) is 11.1 Å². The van der Waals surface area contributed by atoms with Crippen molar-refractivity contribution in [2.24, 2.45) is 4.99 Å². The first-order chi connectivity index (χ1) is 13.7. The van der Waals surface area contributed by atoms with Gasteiger partial charge in [-0.25, -0.2) is 0 Å². The fourth-order valence-corrected chi connectivity index (χ4v) is 4.18. The van der Waals surface area contributed by atoms with Crippen molar-refractivity contribution in [2.45, 2.75) is 26.1 Å². The van der Waals surface area contributed by atoms with Crippen molar-refractivity contribution >= 4 is 23.2 Å². The molecule has 0 spiro atoms. The molecule has 138 valence electrons. The number of carbonyl (C=O) groups is 1. The van der Waals surface area contributed by atoms with E-state index < -0.39 is 0 Å². The Balaban J connectivity index is 1.45. The van der Waals surface area contributed by atoms with E-state index in [9.17, 15) is 4.79 Å². The topological polar surface area (TPSA) is 45.6 Å². The molecule has 3 aromatic rings. The highest BCUT2D eigenvalue weighted by molar-refractivity contribution is 6.30. The highest BCUT2D eigenvalue weighted by atomic mass is 35.5. The molecule has 2 aromatic carbocycles. The van der Waals surface area contributed by atoms with Gasteiger partial charge in [0.2, 0.25) is 5.91 Å². The van der Waals surface area contributed by atoms with Crippen LogP contribution in [0, 0.1) is 0 Å². The van der Waals surface area contributed by atoms with Gasteiger partial charge in [0, 0.05) is 41.6 Å². The zero-order valence-electron chi connectivity index (χ0n) is 15.2. The standard InChI is InChI=1S/C23H18ClN3O/c24-20-5-1-3-15(7-20)13-27-14-19-9-21-18(8-17(19)10-22(27)28)12-26-23(21)16-4-2-6-25-11-16/h1-9,11H,10,12-14H2. The zero-order valence-corrected chi connectivity index (χ0v) is 16.0. The molecular formula is C23H18ClN3O. The molecule has 0 saturated heterocycles. The molecule has 1 amide bonds. The molecule has 0 fully saturated rings. The predicted molar refractivity (Wildman–Crippen MR) is 109 cm³/mol. The highest BCUT2D eigenvalue weighted by Crippen LogP contribution is 2.30. The largest absolute Gasteiger partial charge is 0.334 e. The Morgan fingerprint density at radius 2 is 1.96 bits per heavy atom. The van der Waals surface area contributed by atoms with E-state index >= 15 is 0 Å². The minimum atomic E-state index is 0.152. The summed E-state index contributed by atoms with van der Waals surface area (Å²) in [4.78, 5) is 23.5. The molecule has 5 rings (SSSR count). The Morgan fingerprint density at radius 1 is 1.04 bits per heavy atom. The van der Waals surface area contributed by atoms with Gasteiger partial charge < -0.3 is 4.90 Å². The summed E-state index contributed by atoms with van der Waals surface area (Å²) in [5.41, 5.74) is 7.72. The summed E-state index contributed by atoms with van der Waals surface area (Å²) in [6.45, 7) is 1.83. The Morgan fingerprint density at radius 3 is 2.79 bits per heavy atom. The molecule has 4 nitrogen and oxygen atoms in total. The molecular weight excluding hydrogens is 370 g/mol. The molecule has 2 aliphatic rings. The molecule has 3 heterocycles. The third-order valence-electron chi connectivity index (χ3n) is 5.34. The van der Waals surface area contributed by atoms with Crippen molar-refractivity contribution in [2.75, 3.05) is 0 Å². The van der Waals surface area contributed by atoms with E-state index in [4.69, 9.17) is 16.6 Å². The van der Waals surface area contributed by atoms with Gasteiger partial charge in [0.15, 0.2) is 0 Å². The van der Waals surface area contributed by atoms with Gasteiger partial charge in [0.05, 0.1) is 18.7 Å². The van der Waals surface area contributed by atoms with Gasteiger partial charge in [-0.1, -0.05) is 29.8 Å². The summed E-state index contributed by atoms with van der Waals surface area (Å²) in [6, 6.07) is 16.0. The van der Waals surface area contributed by atoms with Crippen molar-refractivity contribution in [3.63, 3.8) is 0 Å². The third-order valence-corrected chi connectivity index (χ3v) is 5.58. The zero-order chi connectivity index (χ0) is 19.1. The van der Waals surface area contributed by atoms with Crippen LogP contribution in [0.15, 0.2) is 65.9 Å². The molecule has 5 heteroatoms. The van der Waals surface area contributed by atoms with Gasteiger partial charge in [0.25, 0.3) is 0 Å². The van der Waals surface area contributed by atoms with Gasteiger partial charge in [-0.3, -0.25) is 14.8 Å². The number of nitrogens with zero attached hydrogens (tertiary/aromatic N) is 3. The van der Waals surface area contributed by atoms with Gasteiger partial charge in [0.1, 0.15) is 0 Å². The van der Waals surface area contributed by atoms with Crippen LogP contribution in [0.3, 0.4) is 0 Å². The molecule has 0 radical (unpaired) electrons. The number of benzene rings is 2. The summed E-state index contributed by atoms with van der Waals surface area (Å²) in [7, 11) is 0. The molecule has 0 N–H and O–H groups in total. The molecule has 0 bridgehead atoms. The molecule has 0 atom stereocenters. The number of rotatable bonds is 3. The molecule has 0 unspecified atom stereocenters. The van der Waals surface area contributed by atoms with E-state index in [0.29, 0.717) is 31.1 Å². The van der Waals surface area contributed by atoms with E-state index in [0.717, 1.165) is 28.0 Å². The Bertz CT molecular complexity index is 1110. The fourth-order valence-electron chi connectivity index (χ4n) is 3.97. The van der Waals surface area contributed by atoms with Crippen LogP contribution in [0.25, 0.3) is 0 Å².